The first-order chi connectivity index (χ1) is 15.4. The first-order valence-corrected chi connectivity index (χ1v) is 11.5. The van der Waals surface area contributed by atoms with Gasteiger partial charge in [0.15, 0.2) is 15.5 Å². The molecule has 2 aromatic heterocycles. The molecule has 2 heterocycles. The number of amides is 1. The van der Waals surface area contributed by atoms with Crippen molar-refractivity contribution in [2.75, 3.05) is 11.6 Å². The van der Waals surface area contributed by atoms with Gasteiger partial charge >= 0.3 is 6.18 Å². The molecule has 0 aliphatic heterocycles. The van der Waals surface area contributed by atoms with Crippen LogP contribution in [0.1, 0.15) is 21.6 Å². The van der Waals surface area contributed by atoms with Crippen molar-refractivity contribution in [2.24, 2.45) is 0 Å². The summed E-state index contributed by atoms with van der Waals surface area (Å²) in [5, 5.41) is 6.80. The Hall–Kier alpha value is -3.73. The number of nitrogens with one attached hydrogen (secondary N) is 1. The number of anilines is 1. The Labute approximate surface area is 186 Å². The maximum absolute atomic E-state index is 12.9. The average Bonchev–Trinajstić information content (AvgIpc) is 3.17. The number of nitrogens with zero attached hydrogens (tertiary/aromatic N) is 3. The van der Waals surface area contributed by atoms with Gasteiger partial charge in [0.2, 0.25) is 0 Å². The zero-order valence-corrected chi connectivity index (χ0v) is 18.2. The number of rotatable bonds is 4. The highest BCUT2D eigenvalue weighted by Gasteiger charge is 2.30. The molecule has 0 unspecified atom stereocenters. The minimum atomic E-state index is -4.45. The van der Waals surface area contributed by atoms with Crippen LogP contribution in [0.25, 0.3) is 16.9 Å². The second kappa shape index (κ2) is 8.00. The van der Waals surface area contributed by atoms with Crippen LogP contribution in [-0.2, 0) is 16.0 Å². The largest absolute Gasteiger partial charge is 0.416 e. The van der Waals surface area contributed by atoms with Gasteiger partial charge in [0, 0.05) is 23.2 Å². The highest BCUT2D eigenvalue weighted by atomic mass is 32.2. The normalized spacial score (nSPS) is 12.2. The van der Waals surface area contributed by atoms with Gasteiger partial charge in [0.1, 0.15) is 5.56 Å². The number of benzene rings is 2. The third kappa shape index (κ3) is 4.58. The van der Waals surface area contributed by atoms with E-state index in [1.165, 1.54) is 41.0 Å². The number of halogens is 3. The summed E-state index contributed by atoms with van der Waals surface area (Å²) in [6.45, 7) is 1.73. The molecule has 0 aliphatic rings. The predicted molar refractivity (Wildman–Crippen MR) is 116 cm³/mol. The summed E-state index contributed by atoms with van der Waals surface area (Å²) >= 11 is 0. The van der Waals surface area contributed by atoms with Crippen molar-refractivity contribution in [3.8, 4) is 11.3 Å². The van der Waals surface area contributed by atoms with Gasteiger partial charge in [-0.3, -0.25) is 4.79 Å². The van der Waals surface area contributed by atoms with Crippen molar-refractivity contribution in [3.05, 3.63) is 77.6 Å². The molecule has 170 valence electrons. The highest BCUT2D eigenvalue weighted by Crippen LogP contribution is 2.31. The molecular weight excluding hydrogens is 457 g/mol. The molecule has 0 aliphatic carbocycles. The summed E-state index contributed by atoms with van der Waals surface area (Å²) in [5.41, 5.74) is 1.28. The van der Waals surface area contributed by atoms with Gasteiger partial charge in [0.05, 0.1) is 22.3 Å². The molecule has 4 rings (SSSR count). The highest BCUT2D eigenvalue weighted by molar-refractivity contribution is 7.90. The Morgan fingerprint density at radius 3 is 2.39 bits per heavy atom. The summed E-state index contributed by atoms with van der Waals surface area (Å²) in [7, 11) is -3.45. The van der Waals surface area contributed by atoms with Crippen LogP contribution in [-0.4, -0.2) is 35.2 Å². The summed E-state index contributed by atoms with van der Waals surface area (Å²) in [4.78, 5) is 17.4. The van der Waals surface area contributed by atoms with Crippen molar-refractivity contribution < 1.29 is 26.4 Å². The monoisotopic (exact) mass is 474 g/mol. The molecule has 1 amide bonds. The van der Waals surface area contributed by atoms with E-state index in [0.29, 0.717) is 17.0 Å². The predicted octanol–water partition coefficient (Wildman–Crippen LogP) is 4.38. The van der Waals surface area contributed by atoms with Crippen LogP contribution in [0.4, 0.5) is 18.9 Å². The molecule has 0 atom stereocenters. The fourth-order valence-corrected chi connectivity index (χ4v) is 3.92. The van der Waals surface area contributed by atoms with Crippen molar-refractivity contribution in [2.45, 2.75) is 18.0 Å². The van der Waals surface area contributed by atoms with E-state index in [2.05, 4.69) is 15.4 Å². The molecule has 0 radical (unpaired) electrons. The van der Waals surface area contributed by atoms with Crippen LogP contribution in [0.15, 0.2) is 65.7 Å². The second-order valence-corrected chi connectivity index (χ2v) is 9.42. The van der Waals surface area contributed by atoms with E-state index in [1.807, 2.05) is 0 Å². The number of aromatic nitrogens is 3. The smallest absolute Gasteiger partial charge is 0.322 e. The molecule has 0 saturated heterocycles. The first-order valence-electron chi connectivity index (χ1n) is 9.58. The summed E-state index contributed by atoms with van der Waals surface area (Å²) in [6.07, 6.45) is -2.06. The lowest BCUT2D eigenvalue weighted by Crippen LogP contribution is -2.13. The van der Waals surface area contributed by atoms with Crippen LogP contribution in [0.3, 0.4) is 0 Å². The molecule has 33 heavy (non-hydrogen) atoms. The minimum absolute atomic E-state index is 0.0544. The zero-order valence-electron chi connectivity index (χ0n) is 17.4. The number of aryl methyl sites for hydroxylation is 1. The number of sulfone groups is 1. The summed E-state index contributed by atoms with van der Waals surface area (Å²) in [6, 6.07) is 12.0. The first kappa shape index (κ1) is 22.5. The van der Waals surface area contributed by atoms with Crippen LogP contribution >= 0.6 is 0 Å². The van der Waals surface area contributed by atoms with Crippen molar-refractivity contribution in [1.29, 1.82) is 0 Å². The molecule has 2 aromatic carbocycles. The van der Waals surface area contributed by atoms with E-state index in [4.69, 9.17) is 0 Å². The van der Waals surface area contributed by atoms with Crippen molar-refractivity contribution in [1.82, 2.24) is 14.6 Å². The Morgan fingerprint density at radius 2 is 1.76 bits per heavy atom. The number of carbonyl (C=O) groups excluding carboxylic acids is 1. The molecule has 0 fully saturated rings. The van der Waals surface area contributed by atoms with Gasteiger partial charge < -0.3 is 5.32 Å². The Kier molecular flexibility index (Phi) is 5.44. The van der Waals surface area contributed by atoms with E-state index in [-0.39, 0.29) is 21.8 Å². The zero-order chi connectivity index (χ0) is 24.0. The van der Waals surface area contributed by atoms with Crippen molar-refractivity contribution in [3.63, 3.8) is 0 Å². The van der Waals surface area contributed by atoms with Crippen LogP contribution in [0, 0.1) is 6.92 Å². The van der Waals surface area contributed by atoms with Gasteiger partial charge in [0.25, 0.3) is 5.91 Å². The fourth-order valence-electron chi connectivity index (χ4n) is 3.25. The van der Waals surface area contributed by atoms with Crippen LogP contribution < -0.4 is 5.32 Å². The quantitative estimate of drug-likeness (QED) is 0.474. The minimum Gasteiger partial charge on any atom is -0.322 e. The van der Waals surface area contributed by atoms with E-state index >= 15 is 0 Å². The second-order valence-electron chi connectivity index (χ2n) is 7.41. The maximum Gasteiger partial charge on any atom is 0.416 e. The molecule has 0 spiro atoms. The maximum atomic E-state index is 12.9. The van der Waals surface area contributed by atoms with Gasteiger partial charge in [-0.05, 0) is 43.3 Å². The van der Waals surface area contributed by atoms with E-state index in [1.54, 1.807) is 19.1 Å². The number of hydrogen-bond donors (Lipinski definition) is 1. The third-order valence-electron chi connectivity index (χ3n) is 4.92. The van der Waals surface area contributed by atoms with Gasteiger partial charge in [-0.2, -0.15) is 18.3 Å². The lowest BCUT2D eigenvalue weighted by atomic mass is 10.1. The lowest BCUT2D eigenvalue weighted by Gasteiger charge is -2.09. The van der Waals surface area contributed by atoms with E-state index < -0.39 is 27.5 Å². The van der Waals surface area contributed by atoms with Gasteiger partial charge in [-0.25, -0.2) is 17.9 Å². The summed E-state index contributed by atoms with van der Waals surface area (Å²) in [5.74, 6) is -0.563. The molecule has 4 aromatic rings. The number of carbonyl (C=O) groups is 1. The van der Waals surface area contributed by atoms with Crippen molar-refractivity contribution >= 4 is 27.1 Å². The SMILES string of the molecule is Cc1cc(-c2ccc(C(F)(F)F)cc2)nc2c(C(=O)Nc3cccc(S(C)(=O)=O)c3)cnn12. The van der Waals surface area contributed by atoms with E-state index in [0.717, 1.165) is 18.4 Å². The number of fused-ring (bicyclic) bond motifs is 1. The number of hydrogen-bond acceptors (Lipinski definition) is 5. The average molecular weight is 474 g/mol. The van der Waals surface area contributed by atoms with Gasteiger partial charge in [-0.1, -0.05) is 18.2 Å². The van der Waals surface area contributed by atoms with Crippen LogP contribution in [0.5, 0.6) is 0 Å². The third-order valence-corrected chi connectivity index (χ3v) is 6.03. The molecule has 0 saturated carbocycles. The molecular formula is C22H17F3N4O3S. The summed E-state index contributed by atoms with van der Waals surface area (Å²) < 4.78 is 63.5. The van der Waals surface area contributed by atoms with Gasteiger partial charge in [-0.15, -0.1) is 0 Å². The Balaban J connectivity index is 1.70. The van der Waals surface area contributed by atoms with Crippen LogP contribution in [0.2, 0.25) is 0 Å². The molecule has 7 nitrogen and oxygen atoms in total. The lowest BCUT2D eigenvalue weighted by molar-refractivity contribution is -0.137. The number of alkyl halides is 3. The topological polar surface area (TPSA) is 93.4 Å². The Bertz CT molecular complexity index is 1480. The molecule has 0 bridgehead atoms. The Morgan fingerprint density at radius 1 is 1.06 bits per heavy atom. The molecule has 1 N–H and O–H groups in total. The standard InChI is InChI=1S/C22H17F3N4O3S/c1-13-10-19(14-6-8-15(9-7-14)22(23,24)25)28-20-18(12-26-29(13)20)21(30)27-16-4-3-5-17(11-16)33(2,31)32/h3-12H,1-2H3,(H,27,30). The molecule has 11 heteroatoms. The van der Waals surface area contributed by atoms with E-state index in [9.17, 15) is 26.4 Å². The fraction of sp³-hybridized carbons (Fsp3) is 0.136.